The predicted molar refractivity (Wildman–Crippen MR) is 121 cm³/mol. The van der Waals surface area contributed by atoms with Gasteiger partial charge in [-0.2, -0.15) is 25.9 Å². The van der Waals surface area contributed by atoms with Crippen molar-refractivity contribution in [3.05, 3.63) is 46.6 Å². The zero-order chi connectivity index (χ0) is 26.3. The highest BCUT2D eigenvalue weighted by Crippen LogP contribution is 2.36. The van der Waals surface area contributed by atoms with Crippen molar-refractivity contribution >= 4 is 27.9 Å². The first-order chi connectivity index (χ1) is 17.0. The van der Waals surface area contributed by atoms with Crippen LogP contribution in [-0.4, -0.2) is 57.2 Å². The number of benzene rings is 1. The molecule has 1 amide bonds. The molecule has 198 valence electrons. The number of hydrogen-bond donors (Lipinski definition) is 1. The van der Waals surface area contributed by atoms with Crippen LogP contribution in [0.25, 0.3) is 0 Å². The number of methoxy groups -OCH3 is 1. The van der Waals surface area contributed by atoms with Crippen molar-refractivity contribution in [2.45, 2.75) is 25.6 Å². The third-order valence-corrected chi connectivity index (χ3v) is 6.65. The van der Waals surface area contributed by atoms with Crippen molar-refractivity contribution in [2.75, 3.05) is 33.4 Å². The summed E-state index contributed by atoms with van der Waals surface area (Å²) in [6.45, 7) is 0.645. The van der Waals surface area contributed by atoms with Crippen LogP contribution in [0.1, 0.15) is 24.0 Å². The summed E-state index contributed by atoms with van der Waals surface area (Å²) in [5, 5.41) is -0.406. The van der Waals surface area contributed by atoms with Gasteiger partial charge in [0, 0.05) is 38.0 Å². The van der Waals surface area contributed by atoms with Crippen LogP contribution in [0.5, 0.6) is 17.4 Å². The maximum Gasteiger partial charge on any atom is 0.422 e. The van der Waals surface area contributed by atoms with E-state index in [2.05, 4.69) is 4.98 Å². The molecule has 1 fully saturated rings. The number of aromatic nitrogens is 1. The molecule has 0 radical (unpaired) electrons. The summed E-state index contributed by atoms with van der Waals surface area (Å²) in [7, 11) is -2.55. The van der Waals surface area contributed by atoms with Crippen LogP contribution in [0.4, 0.5) is 18.0 Å². The van der Waals surface area contributed by atoms with Crippen molar-refractivity contribution in [1.82, 2.24) is 14.0 Å². The van der Waals surface area contributed by atoms with Crippen LogP contribution in [0.3, 0.4) is 0 Å². The number of nitrogens with one attached hydrogen (secondary N) is 1. The maximum absolute atomic E-state index is 12.9. The third-order valence-electron chi connectivity index (χ3n) is 4.91. The van der Waals surface area contributed by atoms with Gasteiger partial charge in [-0.3, -0.25) is 0 Å². The minimum absolute atomic E-state index is 0.00859. The van der Waals surface area contributed by atoms with Crippen LogP contribution >= 0.6 is 11.6 Å². The monoisotopic (exact) mass is 553 g/mol. The smallest absolute Gasteiger partial charge is 0.422 e. The highest BCUT2D eigenvalue weighted by atomic mass is 35.5. The number of carbonyl (C=O) groups excluding carboxylic acids is 1. The van der Waals surface area contributed by atoms with Gasteiger partial charge in [-0.15, -0.1) is 0 Å². The minimum atomic E-state index is -4.65. The van der Waals surface area contributed by atoms with Crippen molar-refractivity contribution in [1.29, 1.82) is 0 Å². The van der Waals surface area contributed by atoms with Gasteiger partial charge in [0.05, 0.1) is 12.2 Å². The van der Waals surface area contributed by atoms with E-state index in [1.807, 2.05) is 4.72 Å². The van der Waals surface area contributed by atoms with Gasteiger partial charge >= 0.3 is 22.5 Å². The average molecular weight is 554 g/mol. The molecule has 10 nitrogen and oxygen atoms in total. The number of ether oxygens (including phenoxy) is 4. The van der Waals surface area contributed by atoms with Gasteiger partial charge in [0.1, 0.15) is 29.7 Å². The molecule has 3 rings (SSSR count). The largest absolute Gasteiger partial charge is 0.491 e. The lowest BCUT2D eigenvalue weighted by molar-refractivity contribution is -0.137. The topological polar surface area (TPSA) is 116 Å². The van der Waals surface area contributed by atoms with Gasteiger partial charge in [0.15, 0.2) is 0 Å². The lowest BCUT2D eigenvalue weighted by Gasteiger charge is -2.17. The number of amides is 1. The molecule has 1 N–H and O–H groups in total. The molecule has 0 atom stereocenters. The third kappa shape index (κ3) is 7.59. The van der Waals surface area contributed by atoms with Gasteiger partial charge in [0.2, 0.25) is 5.88 Å². The predicted octanol–water partition coefficient (Wildman–Crippen LogP) is 4.14. The molecule has 0 saturated carbocycles. The number of hydrogen-bond acceptors (Lipinski definition) is 8. The number of pyridine rings is 1. The standard InChI is InChI=1S/C21H23ClF3N3O7S/c1-32-8-9-33-16-5-4-14(13-34-20(29)27-36(30,31)28-6-2-3-7-28)18(11-16)35-19-17(22)10-15(12-26-19)21(23,24)25/h4-5,10-12H,2-3,6-9,13H2,1H3,(H,27,29). The van der Waals surface area contributed by atoms with Crippen molar-refractivity contribution in [2.24, 2.45) is 0 Å². The number of alkyl halides is 3. The summed E-state index contributed by atoms with van der Waals surface area (Å²) in [5.41, 5.74) is -0.823. The second kappa shape index (κ2) is 12.0. The lowest BCUT2D eigenvalue weighted by atomic mass is 10.2. The highest BCUT2D eigenvalue weighted by Gasteiger charge is 2.32. The maximum atomic E-state index is 12.9. The van der Waals surface area contributed by atoms with Crippen LogP contribution in [0.15, 0.2) is 30.5 Å². The van der Waals surface area contributed by atoms with E-state index in [9.17, 15) is 26.4 Å². The van der Waals surface area contributed by atoms with E-state index < -0.39 is 39.7 Å². The Hall–Kier alpha value is -2.81. The second-order valence-corrected chi connectivity index (χ2v) is 9.59. The molecule has 15 heteroatoms. The SMILES string of the molecule is COCCOc1ccc(COC(=O)NS(=O)(=O)N2CCCC2)c(Oc2ncc(C(F)(F)F)cc2Cl)c1. The summed E-state index contributed by atoms with van der Waals surface area (Å²) >= 11 is 5.94. The van der Waals surface area contributed by atoms with Crippen LogP contribution < -0.4 is 14.2 Å². The number of carbonyl (C=O) groups is 1. The Kier molecular flexibility index (Phi) is 9.22. The van der Waals surface area contributed by atoms with E-state index in [1.165, 1.54) is 25.3 Å². The first kappa shape index (κ1) is 27.8. The van der Waals surface area contributed by atoms with Crippen LogP contribution in [0.2, 0.25) is 5.02 Å². The van der Waals surface area contributed by atoms with Gasteiger partial charge in [0.25, 0.3) is 0 Å². The fraction of sp³-hybridized carbons (Fsp3) is 0.429. The fourth-order valence-electron chi connectivity index (χ4n) is 3.11. The van der Waals surface area contributed by atoms with Gasteiger partial charge in [-0.25, -0.2) is 14.5 Å². The summed E-state index contributed by atoms with van der Waals surface area (Å²) in [5.74, 6) is -0.00908. The van der Waals surface area contributed by atoms with Crippen molar-refractivity contribution in [3.63, 3.8) is 0 Å². The van der Waals surface area contributed by atoms with Crippen LogP contribution in [-0.2, 0) is 32.5 Å². The zero-order valence-corrected chi connectivity index (χ0v) is 20.6. The first-order valence-electron chi connectivity index (χ1n) is 10.6. The molecule has 1 aliphatic rings. The summed E-state index contributed by atoms with van der Waals surface area (Å²) < 4.78 is 87.2. The van der Waals surface area contributed by atoms with E-state index in [0.29, 0.717) is 50.6 Å². The molecule has 2 aromatic rings. The van der Waals surface area contributed by atoms with Gasteiger partial charge in [-0.05, 0) is 31.0 Å². The fourth-order valence-corrected chi connectivity index (χ4v) is 4.45. The molecule has 1 saturated heterocycles. The average Bonchev–Trinajstić information content (AvgIpc) is 3.35. The molecule has 1 aliphatic heterocycles. The molecule has 1 aromatic heterocycles. The Labute approximate surface area is 210 Å². The van der Waals surface area contributed by atoms with E-state index in [0.717, 1.165) is 4.31 Å². The molecular weight excluding hydrogens is 531 g/mol. The molecule has 0 bridgehead atoms. The summed E-state index contributed by atoms with van der Waals surface area (Å²) in [4.78, 5) is 15.8. The highest BCUT2D eigenvalue weighted by molar-refractivity contribution is 7.87. The molecule has 0 unspecified atom stereocenters. The lowest BCUT2D eigenvalue weighted by Crippen LogP contribution is -2.42. The quantitative estimate of drug-likeness (QED) is 0.436. The zero-order valence-electron chi connectivity index (χ0n) is 19.0. The normalized spacial score (nSPS) is 14.5. The Morgan fingerprint density at radius 3 is 2.56 bits per heavy atom. The molecule has 36 heavy (non-hydrogen) atoms. The summed E-state index contributed by atoms with van der Waals surface area (Å²) in [6.07, 6.45) is -3.91. The molecule has 2 heterocycles. The first-order valence-corrected chi connectivity index (χ1v) is 12.4. The molecule has 0 aliphatic carbocycles. The van der Waals surface area contributed by atoms with Crippen molar-refractivity contribution in [3.8, 4) is 17.4 Å². The Morgan fingerprint density at radius 1 is 1.19 bits per heavy atom. The number of rotatable bonds is 10. The second-order valence-electron chi connectivity index (χ2n) is 7.51. The van der Waals surface area contributed by atoms with Gasteiger partial charge < -0.3 is 18.9 Å². The van der Waals surface area contributed by atoms with E-state index in [-0.39, 0.29) is 23.8 Å². The van der Waals surface area contributed by atoms with E-state index in [4.69, 9.17) is 30.5 Å². The van der Waals surface area contributed by atoms with E-state index >= 15 is 0 Å². The Balaban J connectivity index is 1.76. The number of halogens is 4. The summed E-state index contributed by atoms with van der Waals surface area (Å²) in [6, 6.07) is 5.05. The number of nitrogens with zero attached hydrogens (tertiary/aromatic N) is 2. The Morgan fingerprint density at radius 2 is 1.92 bits per heavy atom. The van der Waals surface area contributed by atoms with Crippen LogP contribution in [0, 0.1) is 0 Å². The van der Waals surface area contributed by atoms with Gasteiger partial charge in [-0.1, -0.05) is 11.6 Å². The molecule has 0 spiro atoms. The molecular formula is C21H23ClF3N3O7S. The van der Waals surface area contributed by atoms with E-state index in [1.54, 1.807) is 0 Å². The minimum Gasteiger partial charge on any atom is -0.491 e. The Bertz CT molecular complexity index is 1180. The van der Waals surface area contributed by atoms with Crippen molar-refractivity contribution < 1.29 is 45.3 Å². The molecule has 1 aromatic carbocycles.